The van der Waals surface area contributed by atoms with Crippen molar-refractivity contribution in [3.63, 3.8) is 0 Å². The fraction of sp³-hybridized carbons (Fsp3) is 0.200. The lowest BCUT2D eigenvalue weighted by atomic mass is 10.2. The van der Waals surface area contributed by atoms with Gasteiger partial charge in [-0.15, -0.1) is 10.2 Å². The predicted octanol–water partition coefficient (Wildman–Crippen LogP) is 5.36. The Hall–Kier alpha value is -3.01. The van der Waals surface area contributed by atoms with Crippen LogP contribution in [0.4, 0.5) is 4.39 Å². The summed E-state index contributed by atoms with van der Waals surface area (Å²) in [6, 6.07) is 20.2. The third kappa shape index (κ3) is 5.55. The highest BCUT2D eigenvalue weighted by Gasteiger charge is 2.24. The van der Waals surface area contributed by atoms with Gasteiger partial charge in [-0.25, -0.2) is 17.5 Å². The molecule has 0 radical (unpaired) electrons. The van der Waals surface area contributed by atoms with E-state index in [0.717, 1.165) is 22.4 Å². The number of nitrogens with zero attached hydrogens (tertiary/aromatic N) is 3. The van der Waals surface area contributed by atoms with E-state index < -0.39 is 16.1 Å². The molecular formula is C25H25FN4O2S2. The summed E-state index contributed by atoms with van der Waals surface area (Å²) in [7, 11) is -3.75. The number of sulfonamides is 1. The van der Waals surface area contributed by atoms with E-state index in [-0.39, 0.29) is 10.7 Å². The molecule has 4 aromatic rings. The molecule has 1 aromatic heterocycles. The van der Waals surface area contributed by atoms with Gasteiger partial charge in [-0.1, -0.05) is 59.3 Å². The Labute approximate surface area is 203 Å². The summed E-state index contributed by atoms with van der Waals surface area (Å²) in [5.41, 5.74) is 3.86. The van der Waals surface area contributed by atoms with Gasteiger partial charge in [0.1, 0.15) is 5.82 Å². The van der Waals surface area contributed by atoms with Crippen LogP contribution in [0, 0.1) is 19.7 Å². The molecule has 0 saturated heterocycles. The summed E-state index contributed by atoms with van der Waals surface area (Å²) in [6.45, 7) is 5.65. The van der Waals surface area contributed by atoms with E-state index in [0.29, 0.717) is 16.7 Å². The predicted molar refractivity (Wildman–Crippen MR) is 132 cm³/mol. The maximum Gasteiger partial charge on any atom is 0.241 e. The lowest BCUT2D eigenvalue weighted by Crippen LogP contribution is -2.28. The van der Waals surface area contributed by atoms with Crippen LogP contribution in [0.2, 0.25) is 0 Å². The number of aryl methyl sites for hydroxylation is 2. The Morgan fingerprint density at radius 2 is 1.50 bits per heavy atom. The van der Waals surface area contributed by atoms with Crippen LogP contribution in [0.25, 0.3) is 5.69 Å². The Balaban J connectivity index is 1.65. The van der Waals surface area contributed by atoms with Crippen LogP contribution >= 0.6 is 11.8 Å². The van der Waals surface area contributed by atoms with Crippen LogP contribution < -0.4 is 4.72 Å². The van der Waals surface area contributed by atoms with Crippen molar-refractivity contribution in [1.29, 1.82) is 0 Å². The first-order chi connectivity index (χ1) is 16.2. The van der Waals surface area contributed by atoms with Gasteiger partial charge in [-0.2, -0.15) is 0 Å². The van der Waals surface area contributed by atoms with Crippen molar-refractivity contribution in [2.45, 2.75) is 42.6 Å². The number of nitrogens with one attached hydrogen (secondary N) is 1. The Kier molecular flexibility index (Phi) is 7.16. The molecular weight excluding hydrogens is 471 g/mol. The SMILES string of the molecule is Cc1ccc(-n2c(SCc3ccc(F)cc3)nnc2C(C)NS(=O)(=O)c2ccc(C)cc2)cc1. The topological polar surface area (TPSA) is 76.9 Å². The summed E-state index contributed by atoms with van der Waals surface area (Å²) in [6.07, 6.45) is 0. The first-order valence-corrected chi connectivity index (χ1v) is 13.2. The minimum absolute atomic E-state index is 0.192. The van der Waals surface area contributed by atoms with Crippen molar-refractivity contribution in [3.05, 3.63) is 101 Å². The highest BCUT2D eigenvalue weighted by molar-refractivity contribution is 7.98. The number of halogens is 1. The van der Waals surface area contributed by atoms with Crippen LogP contribution in [-0.2, 0) is 15.8 Å². The molecule has 9 heteroatoms. The fourth-order valence-electron chi connectivity index (χ4n) is 3.39. The minimum atomic E-state index is -3.75. The molecule has 1 N–H and O–H groups in total. The molecule has 0 aliphatic heterocycles. The first kappa shape index (κ1) is 24.1. The van der Waals surface area contributed by atoms with Gasteiger partial charge < -0.3 is 0 Å². The highest BCUT2D eigenvalue weighted by atomic mass is 32.2. The maximum atomic E-state index is 13.2. The average Bonchev–Trinajstić information content (AvgIpc) is 3.23. The van der Waals surface area contributed by atoms with Crippen molar-refractivity contribution >= 4 is 21.8 Å². The summed E-state index contributed by atoms with van der Waals surface area (Å²) >= 11 is 1.45. The van der Waals surface area contributed by atoms with E-state index in [9.17, 15) is 12.8 Å². The van der Waals surface area contributed by atoms with Crippen molar-refractivity contribution < 1.29 is 12.8 Å². The second-order valence-corrected chi connectivity index (χ2v) is 10.7. The first-order valence-electron chi connectivity index (χ1n) is 10.7. The van der Waals surface area contributed by atoms with Gasteiger partial charge >= 0.3 is 0 Å². The lowest BCUT2D eigenvalue weighted by Gasteiger charge is -2.17. The van der Waals surface area contributed by atoms with Crippen LogP contribution in [0.1, 0.15) is 35.5 Å². The summed E-state index contributed by atoms with van der Waals surface area (Å²) in [5.74, 6) is 0.753. The molecule has 1 atom stereocenters. The molecule has 0 aliphatic carbocycles. The van der Waals surface area contributed by atoms with Gasteiger partial charge in [0.15, 0.2) is 11.0 Å². The van der Waals surface area contributed by atoms with Crippen molar-refractivity contribution in [2.75, 3.05) is 0 Å². The van der Waals surface area contributed by atoms with E-state index in [4.69, 9.17) is 0 Å². The molecule has 0 spiro atoms. The van der Waals surface area contributed by atoms with Crippen molar-refractivity contribution in [3.8, 4) is 5.69 Å². The smallest absolute Gasteiger partial charge is 0.241 e. The number of hydrogen-bond acceptors (Lipinski definition) is 5. The number of aromatic nitrogens is 3. The maximum absolute atomic E-state index is 13.2. The molecule has 0 bridgehead atoms. The van der Waals surface area contributed by atoms with Crippen molar-refractivity contribution in [1.82, 2.24) is 19.5 Å². The number of thioether (sulfide) groups is 1. The monoisotopic (exact) mass is 496 g/mol. The van der Waals surface area contributed by atoms with E-state index in [1.54, 1.807) is 43.3 Å². The second kappa shape index (κ2) is 10.1. The lowest BCUT2D eigenvalue weighted by molar-refractivity contribution is 0.556. The highest BCUT2D eigenvalue weighted by Crippen LogP contribution is 2.28. The number of rotatable bonds is 8. The number of hydrogen-bond donors (Lipinski definition) is 1. The molecule has 1 heterocycles. The third-order valence-corrected chi connectivity index (χ3v) is 7.84. The van der Waals surface area contributed by atoms with Gasteiger partial charge in [0.2, 0.25) is 10.0 Å². The van der Waals surface area contributed by atoms with Gasteiger partial charge in [-0.05, 0) is 62.7 Å². The Bertz CT molecular complexity index is 1370. The molecule has 0 aliphatic rings. The molecule has 0 fully saturated rings. The van der Waals surface area contributed by atoms with Gasteiger partial charge in [-0.3, -0.25) is 4.57 Å². The molecule has 1 unspecified atom stereocenters. The summed E-state index contributed by atoms with van der Waals surface area (Å²) < 4.78 is 43.7. The third-order valence-electron chi connectivity index (χ3n) is 5.28. The molecule has 3 aromatic carbocycles. The normalized spacial score (nSPS) is 12.6. The standard InChI is InChI=1S/C25H25FN4O2S2/c1-17-4-12-22(13-5-17)30-24(19(3)29-34(31,32)23-14-6-18(2)7-15-23)27-28-25(30)33-16-20-8-10-21(26)11-9-20/h4-15,19,29H,16H2,1-3H3. The Morgan fingerprint density at radius 1 is 0.912 bits per heavy atom. The zero-order valence-corrected chi connectivity index (χ0v) is 20.7. The van der Waals surface area contributed by atoms with Crippen LogP contribution in [0.5, 0.6) is 0 Å². The van der Waals surface area contributed by atoms with Gasteiger partial charge in [0, 0.05) is 11.4 Å². The quantitative estimate of drug-likeness (QED) is 0.333. The minimum Gasteiger partial charge on any atom is -0.273 e. The fourth-order valence-corrected chi connectivity index (χ4v) is 5.51. The summed E-state index contributed by atoms with van der Waals surface area (Å²) in [5, 5.41) is 9.30. The van der Waals surface area contributed by atoms with Crippen LogP contribution in [-0.4, -0.2) is 23.2 Å². The molecule has 0 amide bonds. The van der Waals surface area contributed by atoms with E-state index in [2.05, 4.69) is 14.9 Å². The van der Waals surface area contributed by atoms with Gasteiger partial charge in [0.25, 0.3) is 0 Å². The van der Waals surface area contributed by atoms with E-state index in [1.165, 1.54) is 23.9 Å². The molecule has 34 heavy (non-hydrogen) atoms. The largest absolute Gasteiger partial charge is 0.273 e. The zero-order valence-electron chi connectivity index (χ0n) is 19.1. The molecule has 4 rings (SSSR count). The number of benzene rings is 3. The second-order valence-electron chi connectivity index (χ2n) is 8.08. The zero-order chi connectivity index (χ0) is 24.3. The van der Waals surface area contributed by atoms with Gasteiger partial charge in [0.05, 0.1) is 10.9 Å². The molecule has 6 nitrogen and oxygen atoms in total. The van der Waals surface area contributed by atoms with E-state index >= 15 is 0 Å². The average molecular weight is 497 g/mol. The van der Waals surface area contributed by atoms with Crippen LogP contribution in [0.15, 0.2) is 82.8 Å². The molecule has 176 valence electrons. The van der Waals surface area contributed by atoms with Crippen LogP contribution in [0.3, 0.4) is 0 Å². The van der Waals surface area contributed by atoms with Crippen molar-refractivity contribution in [2.24, 2.45) is 0 Å². The summed E-state index contributed by atoms with van der Waals surface area (Å²) in [4.78, 5) is 0.192. The molecule has 0 saturated carbocycles. The Morgan fingerprint density at radius 3 is 2.12 bits per heavy atom. The van der Waals surface area contributed by atoms with E-state index in [1.807, 2.05) is 42.7 Å².